The monoisotopic (exact) mass is 315 g/mol. The van der Waals surface area contributed by atoms with Crippen molar-refractivity contribution in [2.75, 3.05) is 0 Å². The Bertz CT molecular complexity index is 700. The number of hydrogen-bond donors (Lipinski definition) is 2. The van der Waals surface area contributed by atoms with Gasteiger partial charge in [0, 0.05) is 11.6 Å². The number of hydrogen-bond acceptors (Lipinski definition) is 3. The smallest absolute Gasteiger partial charge is 0.339 e. The summed E-state index contributed by atoms with van der Waals surface area (Å²) in [6.07, 6.45) is 3.11. The van der Waals surface area contributed by atoms with Crippen molar-refractivity contribution >= 4 is 11.9 Å². The number of amides is 1. The lowest BCUT2D eigenvalue weighted by Gasteiger charge is -2.14. The maximum Gasteiger partial charge on any atom is 0.339 e. The van der Waals surface area contributed by atoms with E-state index in [2.05, 4.69) is 10.4 Å². The molecule has 0 spiro atoms. The average molecular weight is 315 g/mol. The van der Waals surface area contributed by atoms with Gasteiger partial charge in [-0.05, 0) is 44.0 Å². The Morgan fingerprint density at radius 2 is 1.83 bits per heavy atom. The van der Waals surface area contributed by atoms with Crippen molar-refractivity contribution in [1.29, 1.82) is 0 Å². The molecule has 1 amide bonds. The lowest BCUT2D eigenvalue weighted by atomic mass is 10.1. The summed E-state index contributed by atoms with van der Waals surface area (Å²) in [7, 11) is 0. The second-order valence-electron chi connectivity index (χ2n) is 5.39. The van der Waals surface area contributed by atoms with Crippen LogP contribution in [-0.4, -0.2) is 32.8 Å². The standard InChI is InChI=1S/C17H21N3O3/c1-4-13(5-2)19-16(21)12-6-8-14(9-7-12)20-11(3)15(10-18-20)17(22)23/h6-10,13H,4-5H2,1-3H3,(H,19,21)(H,22,23). The fraction of sp³-hybridized carbons (Fsp3) is 0.353. The topological polar surface area (TPSA) is 84.2 Å². The van der Waals surface area contributed by atoms with Crippen LogP contribution in [0.3, 0.4) is 0 Å². The summed E-state index contributed by atoms with van der Waals surface area (Å²) >= 11 is 0. The summed E-state index contributed by atoms with van der Waals surface area (Å²) in [6, 6.07) is 7.12. The molecule has 0 radical (unpaired) electrons. The van der Waals surface area contributed by atoms with Gasteiger partial charge in [-0.1, -0.05) is 13.8 Å². The van der Waals surface area contributed by atoms with Crippen LogP contribution < -0.4 is 5.32 Å². The van der Waals surface area contributed by atoms with Gasteiger partial charge < -0.3 is 10.4 Å². The third-order valence-corrected chi connectivity index (χ3v) is 3.94. The SMILES string of the molecule is CCC(CC)NC(=O)c1ccc(-n2ncc(C(=O)O)c2C)cc1. The third kappa shape index (κ3) is 3.59. The van der Waals surface area contributed by atoms with Crippen LogP contribution in [0.1, 0.15) is 53.1 Å². The van der Waals surface area contributed by atoms with Crippen LogP contribution >= 0.6 is 0 Å². The molecule has 0 bridgehead atoms. The number of carboxylic acids is 1. The fourth-order valence-electron chi connectivity index (χ4n) is 2.40. The van der Waals surface area contributed by atoms with Crippen molar-refractivity contribution in [2.24, 2.45) is 0 Å². The molecule has 0 saturated heterocycles. The lowest BCUT2D eigenvalue weighted by molar-refractivity contribution is 0.0695. The fourth-order valence-corrected chi connectivity index (χ4v) is 2.40. The second kappa shape index (κ2) is 7.09. The number of benzene rings is 1. The number of nitrogens with one attached hydrogen (secondary N) is 1. The maximum atomic E-state index is 12.2. The Kier molecular flexibility index (Phi) is 5.16. The van der Waals surface area contributed by atoms with E-state index in [0.717, 1.165) is 12.8 Å². The molecule has 0 saturated carbocycles. The van der Waals surface area contributed by atoms with Gasteiger partial charge in [0.05, 0.1) is 17.6 Å². The van der Waals surface area contributed by atoms with E-state index in [1.54, 1.807) is 35.9 Å². The van der Waals surface area contributed by atoms with E-state index in [-0.39, 0.29) is 17.5 Å². The van der Waals surface area contributed by atoms with Gasteiger partial charge in [0.15, 0.2) is 0 Å². The molecule has 23 heavy (non-hydrogen) atoms. The summed E-state index contributed by atoms with van der Waals surface area (Å²) in [6.45, 7) is 5.78. The molecule has 6 nitrogen and oxygen atoms in total. The molecule has 0 aliphatic heterocycles. The average Bonchev–Trinajstić information content (AvgIpc) is 2.94. The molecule has 1 aromatic carbocycles. The maximum absolute atomic E-state index is 12.2. The number of aromatic nitrogens is 2. The molecule has 6 heteroatoms. The minimum absolute atomic E-state index is 0.103. The first-order valence-corrected chi connectivity index (χ1v) is 7.67. The van der Waals surface area contributed by atoms with Crippen molar-refractivity contribution < 1.29 is 14.7 Å². The van der Waals surface area contributed by atoms with Gasteiger partial charge in [0.25, 0.3) is 5.91 Å². The molecule has 0 unspecified atom stereocenters. The van der Waals surface area contributed by atoms with E-state index in [1.807, 2.05) is 13.8 Å². The van der Waals surface area contributed by atoms with Crippen LogP contribution in [0.4, 0.5) is 0 Å². The Morgan fingerprint density at radius 3 is 2.30 bits per heavy atom. The Balaban J connectivity index is 2.20. The second-order valence-corrected chi connectivity index (χ2v) is 5.39. The molecule has 0 fully saturated rings. The van der Waals surface area contributed by atoms with E-state index in [0.29, 0.717) is 16.9 Å². The normalized spacial score (nSPS) is 10.8. The highest BCUT2D eigenvalue weighted by Crippen LogP contribution is 2.15. The lowest BCUT2D eigenvalue weighted by Crippen LogP contribution is -2.33. The van der Waals surface area contributed by atoms with Gasteiger partial charge in [-0.25, -0.2) is 9.48 Å². The van der Waals surface area contributed by atoms with Gasteiger partial charge in [0.2, 0.25) is 0 Å². The summed E-state index contributed by atoms with van der Waals surface area (Å²) in [5, 5.41) is 16.1. The number of carbonyl (C=O) groups is 2. The van der Waals surface area contributed by atoms with Crippen LogP contribution in [0.5, 0.6) is 0 Å². The molecule has 2 N–H and O–H groups in total. The molecule has 0 atom stereocenters. The molecular formula is C17H21N3O3. The number of aromatic carboxylic acids is 1. The number of nitrogens with zero attached hydrogens (tertiary/aromatic N) is 2. The Labute approximate surface area is 135 Å². The predicted octanol–water partition coefficient (Wildman–Crippen LogP) is 2.80. The van der Waals surface area contributed by atoms with Crippen LogP contribution in [0.25, 0.3) is 5.69 Å². The molecule has 2 rings (SSSR count). The Hall–Kier alpha value is -2.63. The van der Waals surface area contributed by atoms with Crippen LogP contribution in [-0.2, 0) is 0 Å². The Morgan fingerprint density at radius 1 is 1.22 bits per heavy atom. The minimum Gasteiger partial charge on any atom is -0.478 e. The zero-order chi connectivity index (χ0) is 17.0. The summed E-state index contributed by atoms with van der Waals surface area (Å²) in [5.41, 5.74) is 2.00. The van der Waals surface area contributed by atoms with Crippen LogP contribution in [0, 0.1) is 6.92 Å². The molecule has 2 aromatic rings. The van der Waals surface area contributed by atoms with Gasteiger partial charge in [-0.2, -0.15) is 5.10 Å². The highest BCUT2D eigenvalue weighted by atomic mass is 16.4. The minimum atomic E-state index is -1.00. The molecular weight excluding hydrogens is 294 g/mol. The zero-order valence-corrected chi connectivity index (χ0v) is 13.5. The predicted molar refractivity (Wildman–Crippen MR) is 87.1 cm³/mol. The number of carboxylic acid groups (broad SMARTS) is 1. The largest absolute Gasteiger partial charge is 0.478 e. The van der Waals surface area contributed by atoms with E-state index < -0.39 is 5.97 Å². The van der Waals surface area contributed by atoms with Crippen LogP contribution in [0.2, 0.25) is 0 Å². The quantitative estimate of drug-likeness (QED) is 0.858. The van der Waals surface area contributed by atoms with Crippen molar-refractivity contribution in [2.45, 2.75) is 39.7 Å². The molecule has 122 valence electrons. The van der Waals surface area contributed by atoms with Crippen LogP contribution in [0.15, 0.2) is 30.5 Å². The van der Waals surface area contributed by atoms with E-state index in [9.17, 15) is 9.59 Å². The summed E-state index contributed by atoms with van der Waals surface area (Å²) in [4.78, 5) is 23.2. The van der Waals surface area contributed by atoms with Crippen molar-refractivity contribution in [3.8, 4) is 5.69 Å². The first-order chi connectivity index (χ1) is 11.0. The summed E-state index contributed by atoms with van der Waals surface area (Å²) < 4.78 is 1.55. The van der Waals surface area contributed by atoms with Gasteiger partial charge in [-0.3, -0.25) is 4.79 Å². The van der Waals surface area contributed by atoms with Crippen molar-refractivity contribution in [1.82, 2.24) is 15.1 Å². The zero-order valence-electron chi connectivity index (χ0n) is 13.5. The van der Waals surface area contributed by atoms with Crippen molar-refractivity contribution in [3.05, 3.63) is 47.3 Å². The van der Waals surface area contributed by atoms with E-state index in [4.69, 9.17) is 5.11 Å². The molecule has 1 aromatic heterocycles. The van der Waals surface area contributed by atoms with Gasteiger partial charge >= 0.3 is 5.97 Å². The molecule has 0 aliphatic rings. The molecule has 1 heterocycles. The number of carbonyl (C=O) groups excluding carboxylic acids is 1. The summed E-state index contributed by atoms with van der Waals surface area (Å²) in [5.74, 6) is -1.11. The highest BCUT2D eigenvalue weighted by Gasteiger charge is 2.15. The number of rotatable bonds is 6. The highest BCUT2D eigenvalue weighted by molar-refractivity contribution is 5.94. The van der Waals surface area contributed by atoms with Crippen molar-refractivity contribution in [3.63, 3.8) is 0 Å². The van der Waals surface area contributed by atoms with E-state index >= 15 is 0 Å². The first-order valence-electron chi connectivity index (χ1n) is 7.67. The molecule has 0 aliphatic carbocycles. The van der Waals surface area contributed by atoms with Gasteiger partial charge in [-0.15, -0.1) is 0 Å². The first kappa shape index (κ1) is 16.7. The third-order valence-electron chi connectivity index (χ3n) is 3.94. The van der Waals surface area contributed by atoms with Gasteiger partial charge in [0.1, 0.15) is 5.56 Å². The van der Waals surface area contributed by atoms with E-state index in [1.165, 1.54) is 6.20 Å².